The molecule has 4 nitrogen and oxygen atoms in total. The van der Waals surface area contributed by atoms with Gasteiger partial charge in [0.2, 0.25) is 5.91 Å². The molecule has 2 atom stereocenters. The summed E-state index contributed by atoms with van der Waals surface area (Å²) in [5.41, 5.74) is 1.86. The maximum absolute atomic E-state index is 13.5. The Labute approximate surface area is 131 Å². The molecule has 1 fully saturated rings. The van der Waals surface area contributed by atoms with Crippen LogP contribution < -0.4 is 15.0 Å². The third-order valence-corrected chi connectivity index (χ3v) is 5.77. The summed E-state index contributed by atoms with van der Waals surface area (Å²) in [5, 5.41) is 3.49. The number of hydrogen-bond donors (Lipinski definition) is 1. The van der Waals surface area contributed by atoms with Crippen molar-refractivity contribution in [1.82, 2.24) is 5.32 Å². The molecule has 0 bridgehead atoms. The average molecular weight is 300 g/mol. The molecule has 1 aromatic carbocycles. The van der Waals surface area contributed by atoms with E-state index >= 15 is 0 Å². The smallest absolute Gasteiger partial charge is 0.235 e. The van der Waals surface area contributed by atoms with Crippen molar-refractivity contribution in [2.24, 2.45) is 10.8 Å². The fourth-order valence-corrected chi connectivity index (χ4v) is 4.61. The number of rotatable bonds is 0. The molecule has 2 unspecified atom stereocenters. The molecular weight excluding hydrogens is 276 g/mol. The van der Waals surface area contributed by atoms with Gasteiger partial charge in [-0.25, -0.2) is 0 Å². The second-order valence-corrected chi connectivity index (χ2v) is 7.76. The lowest BCUT2D eigenvalue weighted by Crippen LogP contribution is -2.57. The molecule has 3 aliphatic rings. The Balaban J connectivity index is 1.99. The molecule has 1 amide bonds. The largest absolute Gasteiger partial charge is 0.491 e. The van der Waals surface area contributed by atoms with Gasteiger partial charge in [-0.2, -0.15) is 0 Å². The summed E-state index contributed by atoms with van der Waals surface area (Å²) in [5.74, 6) is 1.38. The summed E-state index contributed by atoms with van der Waals surface area (Å²) in [7, 11) is 0. The first kappa shape index (κ1) is 14.1. The van der Waals surface area contributed by atoms with E-state index in [-0.39, 0.29) is 22.7 Å². The average Bonchev–Trinajstić information content (AvgIpc) is 2.82. The van der Waals surface area contributed by atoms with Gasteiger partial charge in [-0.15, -0.1) is 0 Å². The number of nitrogens with one attached hydrogen (secondary N) is 1. The molecule has 1 saturated heterocycles. The van der Waals surface area contributed by atoms with Crippen LogP contribution in [0.15, 0.2) is 18.2 Å². The van der Waals surface area contributed by atoms with Crippen molar-refractivity contribution >= 4 is 11.6 Å². The van der Waals surface area contributed by atoms with Crippen molar-refractivity contribution in [3.8, 4) is 5.75 Å². The Morgan fingerprint density at radius 1 is 1.36 bits per heavy atom. The van der Waals surface area contributed by atoms with Crippen molar-refractivity contribution in [2.75, 3.05) is 31.1 Å². The van der Waals surface area contributed by atoms with Crippen LogP contribution in [0.4, 0.5) is 5.69 Å². The van der Waals surface area contributed by atoms with Gasteiger partial charge in [-0.05, 0) is 23.5 Å². The third kappa shape index (κ3) is 1.59. The van der Waals surface area contributed by atoms with E-state index in [2.05, 4.69) is 38.2 Å². The number of carbonyl (C=O) groups is 1. The molecule has 22 heavy (non-hydrogen) atoms. The van der Waals surface area contributed by atoms with E-state index in [1.165, 1.54) is 5.56 Å². The number of carbonyl (C=O) groups excluding carboxylic acids is 1. The van der Waals surface area contributed by atoms with Gasteiger partial charge in [0, 0.05) is 25.6 Å². The van der Waals surface area contributed by atoms with Gasteiger partial charge in [-0.3, -0.25) is 4.79 Å². The van der Waals surface area contributed by atoms with E-state index in [0.717, 1.165) is 37.5 Å². The number of nitrogens with zero attached hydrogens (tertiary/aromatic N) is 1. The molecule has 0 aliphatic carbocycles. The molecule has 3 aliphatic heterocycles. The van der Waals surface area contributed by atoms with E-state index in [9.17, 15) is 4.79 Å². The van der Waals surface area contributed by atoms with Crippen LogP contribution >= 0.6 is 0 Å². The van der Waals surface area contributed by atoms with E-state index in [0.29, 0.717) is 6.61 Å². The lowest BCUT2D eigenvalue weighted by Gasteiger charge is -2.50. The van der Waals surface area contributed by atoms with Crippen LogP contribution in [0.1, 0.15) is 38.7 Å². The first-order chi connectivity index (χ1) is 10.5. The van der Waals surface area contributed by atoms with Crippen molar-refractivity contribution in [3.63, 3.8) is 0 Å². The van der Waals surface area contributed by atoms with Crippen LogP contribution in [0.3, 0.4) is 0 Å². The number of benzene rings is 1. The van der Waals surface area contributed by atoms with Crippen molar-refractivity contribution in [3.05, 3.63) is 23.8 Å². The van der Waals surface area contributed by atoms with Gasteiger partial charge in [0.25, 0.3) is 0 Å². The summed E-state index contributed by atoms with van der Waals surface area (Å²) < 4.78 is 5.90. The van der Waals surface area contributed by atoms with E-state index in [4.69, 9.17) is 4.74 Å². The predicted molar refractivity (Wildman–Crippen MR) is 86.4 cm³/mol. The minimum absolute atomic E-state index is 0.0842. The van der Waals surface area contributed by atoms with Crippen molar-refractivity contribution in [1.29, 1.82) is 0 Å². The van der Waals surface area contributed by atoms with Crippen LogP contribution in [-0.2, 0) is 4.79 Å². The Hall–Kier alpha value is -1.55. The highest BCUT2D eigenvalue weighted by atomic mass is 16.5. The number of hydrogen-bond acceptors (Lipinski definition) is 3. The molecule has 0 aromatic heterocycles. The molecule has 4 rings (SSSR count). The first-order valence-corrected chi connectivity index (χ1v) is 8.25. The highest BCUT2D eigenvalue weighted by molar-refractivity contribution is 6.04. The number of ether oxygens (including phenoxy) is 1. The first-order valence-electron chi connectivity index (χ1n) is 8.25. The van der Waals surface area contributed by atoms with Crippen LogP contribution in [0.2, 0.25) is 0 Å². The molecule has 0 saturated carbocycles. The second kappa shape index (κ2) is 4.48. The van der Waals surface area contributed by atoms with Gasteiger partial charge >= 0.3 is 0 Å². The highest BCUT2D eigenvalue weighted by Crippen LogP contribution is 2.59. The summed E-state index contributed by atoms with van der Waals surface area (Å²) in [6.45, 7) is 9.68. The molecule has 0 radical (unpaired) electrons. The second-order valence-electron chi connectivity index (χ2n) is 7.76. The zero-order valence-corrected chi connectivity index (χ0v) is 13.6. The topological polar surface area (TPSA) is 41.6 Å². The molecule has 0 spiro atoms. The van der Waals surface area contributed by atoms with Crippen molar-refractivity contribution in [2.45, 2.75) is 33.1 Å². The molecule has 4 heteroatoms. The molecule has 1 N–H and O–H groups in total. The van der Waals surface area contributed by atoms with Crippen LogP contribution in [0.5, 0.6) is 5.75 Å². The maximum Gasteiger partial charge on any atom is 0.235 e. The molecular formula is C18H24N2O2. The summed E-state index contributed by atoms with van der Waals surface area (Å²) >= 11 is 0. The molecule has 118 valence electrons. The van der Waals surface area contributed by atoms with E-state index in [1.807, 2.05) is 11.0 Å². The Morgan fingerprint density at radius 3 is 2.95 bits per heavy atom. The predicted octanol–water partition coefficient (Wildman–Crippen LogP) is 2.54. The van der Waals surface area contributed by atoms with E-state index < -0.39 is 0 Å². The van der Waals surface area contributed by atoms with E-state index in [1.54, 1.807) is 0 Å². The Bertz CT molecular complexity index is 634. The lowest BCUT2D eigenvalue weighted by atomic mass is 9.57. The zero-order chi connectivity index (χ0) is 15.5. The number of fused-ring (bicyclic) bond motifs is 2. The minimum atomic E-state index is -0.358. The number of amides is 1. The van der Waals surface area contributed by atoms with Crippen LogP contribution in [0.25, 0.3) is 0 Å². The zero-order valence-electron chi connectivity index (χ0n) is 13.6. The Morgan fingerprint density at radius 2 is 2.18 bits per heavy atom. The minimum Gasteiger partial charge on any atom is -0.491 e. The lowest BCUT2D eigenvalue weighted by molar-refractivity contribution is -0.135. The van der Waals surface area contributed by atoms with Crippen LogP contribution in [-0.4, -0.2) is 32.1 Å². The van der Waals surface area contributed by atoms with Gasteiger partial charge in [-0.1, -0.05) is 32.9 Å². The quantitative estimate of drug-likeness (QED) is 0.800. The summed E-state index contributed by atoms with van der Waals surface area (Å²) in [6, 6.07) is 6.25. The third-order valence-electron chi connectivity index (χ3n) is 5.77. The number of para-hydroxylation sites is 1. The van der Waals surface area contributed by atoms with Crippen molar-refractivity contribution < 1.29 is 9.53 Å². The SMILES string of the molecule is CC(C)(C)C12CNCC1c1cccc3c1N(CCCO3)C2=O. The maximum atomic E-state index is 13.5. The summed E-state index contributed by atoms with van der Waals surface area (Å²) in [6.07, 6.45) is 0.887. The monoisotopic (exact) mass is 300 g/mol. The highest BCUT2D eigenvalue weighted by Gasteiger charge is 2.61. The van der Waals surface area contributed by atoms with Gasteiger partial charge in [0.05, 0.1) is 17.7 Å². The standard InChI is InChI=1S/C18H24N2O2/c1-17(2,3)18-11-19-10-13(18)12-6-4-7-14-15(12)20(16(18)21)8-5-9-22-14/h4,6-7,13,19H,5,8-11H2,1-3H3. The Kier molecular flexibility index (Phi) is 2.86. The molecule has 3 heterocycles. The van der Waals surface area contributed by atoms with Gasteiger partial charge < -0.3 is 15.0 Å². The van der Waals surface area contributed by atoms with Gasteiger partial charge in [0.15, 0.2) is 0 Å². The fraction of sp³-hybridized carbons (Fsp3) is 0.611. The van der Waals surface area contributed by atoms with Gasteiger partial charge in [0.1, 0.15) is 5.75 Å². The number of anilines is 1. The normalized spacial score (nSPS) is 30.4. The fourth-order valence-electron chi connectivity index (χ4n) is 4.61. The summed E-state index contributed by atoms with van der Waals surface area (Å²) in [4.78, 5) is 15.5. The van der Waals surface area contributed by atoms with Crippen LogP contribution in [0, 0.1) is 10.8 Å². The molecule has 1 aromatic rings.